The molecule has 0 aliphatic carbocycles. The lowest BCUT2D eigenvalue weighted by Gasteiger charge is -2.20. The summed E-state index contributed by atoms with van der Waals surface area (Å²) in [5.41, 5.74) is 2.92. The van der Waals surface area contributed by atoms with Gasteiger partial charge in [0.2, 0.25) is 5.91 Å². The van der Waals surface area contributed by atoms with Crippen LogP contribution in [0.2, 0.25) is 5.02 Å². The van der Waals surface area contributed by atoms with Gasteiger partial charge in [0.1, 0.15) is 5.75 Å². The Morgan fingerprint density at radius 1 is 1.15 bits per heavy atom. The van der Waals surface area contributed by atoms with E-state index in [-0.39, 0.29) is 11.9 Å². The van der Waals surface area contributed by atoms with Crippen LogP contribution in [0.1, 0.15) is 23.6 Å². The molecule has 3 rings (SSSR count). The highest BCUT2D eigenvalue weighted by Gasteiger charge is 2.18. The van der Waals surface area contributed by atoms with Crippen molar-refractivity contribution < 1.29 is 9.53 Å². The molecule has 0 aliphatic rings. The maximum atomic E-state index is 12.6. The standard InChI is InChI=1S/C21H21ClN2O2/c1-15-6-5-7-16(12-15)19(24-10-3-4-11-24)14-21(25)23-17-8-9-20(26-2)18(22)13-17/h3-13,19H,14H2,1-2H3,(H,23,25)/t19-/m0/s1. The van der Waals surface area contributed by atoms with Crippen LogP contribution in [0.25, 0.3) is 0 Å². The Bertz CT molecular complexity index is 891. The summed E-state index contributed by atoms with van der Waals surface area (Å²) in [6, 6.07) is 17.3. The van der Waals surface area contributed by atoms with Crippen LogP contribution in [0.15, 0.2) is 67.0 Å². The van der Waals surface area contributed by atoms with Gasteiger partial charge in [-0.3, -0.25) is 4.79 Å². The van der Waals surface area contributed by atoms with E-state index >= 15 is 0 Å². The molecule has 0 saturated carbocycles. The van der Waals surface area contributed by atoms with Crippen molar-refractivity contribution in [3.05, 3.63) is 83.1 Å². The fourth-order valence-corrected chi connectivity index (χ4v) is 3.22. The molecule has 1 atom stereocenters. The van der Waals surface area contributed by atoms with E-state index in [9.17, 15) is 4.79 Å². The zero-order valence-electron chi connectivity index (χ0n) is 14.8. The van der Waals surface area contributed by atoms with Crippen LogP contribution in [-0.2, 0) is 4.79 Å². The number of hydrogen-bond donors (Lipinski definition) is 1. The van der Waals surface area contributed by atoms with Crippen molar-refractivity contribution >= 4 is 23.2 Å². The number of methoxy groups -OCH3 is 1. The van der Waals surface area contributed by atoms with Crippen molar-refractivity contribution in [1.29, 1.82) is 0 Å². The first-order valence-electron chi connectivity index (χ1n) is 8.39. The molecule has 0 unspecified atom stereocenters. The van der Waals surface area contributed by atoms with Gasteiger partial charge in [-0.1, -0.05) is 41.4 Å². The average molecular weight is 369 g/mol. The molecule has 4 nitrogen and oxygen atoms in total. The first-order valence-corrected chi connectivity index (χ1v) is 8.77. The summed E-state index contributed by atoms with van der Waals surface area (Å²) in [5, 5.41) is 3.38. The lowest BCUT2D eigenvalue weighted by atomic mass is 10.0. The van der Waals surface area contributed by atoms with E-state index in [1.165, 1.54) is 5.56 Å². The summed E-state index contributed by atoms with van der Waals surface area (Å²) in [5.74, 6) is 0.501. The Hall–Kier alpha value is -2.72. The van der Waals surface area contributed by atoms with E-state index < -0.39 is 0 Å². The maximum Gasteiger partial charge on any atom is 0.226 e. The highest BCUT2D eigenvalue weighted by molar-refractivity contribution is 6.32. The summed E-state index contributed by atoms with van der Waals surface area (Å²) in [6.45, 7) is 2.05. The number of ether oxygens (including phenoxy) is 1. The van der Waals surface area contributed by atoms with Crippen LogP contribution in [0.5, 0.6) is 5.75 Å². The zero-order valence-corrected chi connectivity index (χ0v) is 15.5. The lowest BCUT2D eigenvalue weighted by Crippen LogP contribution is -2.19. The second-order valence-electron chi connectivity index (χ2n) is 6.16. The molecule has 1 heterocycles. The minimum Gasteiger partial charge on any atom is -0.495 e. The SMILES string of the molecule is COc1ccc(NC(=O)C[C@@H](c2cccc(C)c2)n2cccc2)cc1Cl. The highest BCUT2D eigenvalue weighted by Crippen LogP contribution is 2.28. The molecular weight excluding hydrogens is 348 g/mol. The van der Waals surface area contributed by atoms with Crippen molar-refractivity contribution in [1.82, 2.24) is 4.57 Å². The minimum absolute atomic E-state index is 0.0707. The van der Waals surface area contributed by atoms with Crippen molar-refractivity contribution in [2.45, 2.75) is 19.4 Å². The molecule has 2 aromatic carbocycles. The van der Waals surface area contributed by atoms with Gasteiger partial charge in [-0.05, 0) is 42.8 Å². The first-order chi connectivity index (χ1) is 12.6. The molecule has 0 bridgehead atoms. The number of aryl methyl sites for hydroxylation is 1. The van der Waals surface area contributed by atoms with Crippen molar-refractivity contribution in [3.8, 4) is 5.75 Å². The number of aromatic nitrogens is 1. The molecule has 1 N–H and O–H groups in total. The van der Waals surface area contributed by atoms with Crippen LogP contribution in [0.4, 0.5) is 5.69 Å². The summed E-state index contributed by atoms with van der Waals surface area (Å²) >= 11 is 6.13. The molecule has 5 heteroatoms. The number of anilines is 1. The number of nitrogens with zero attached hydrogens (tertiary/aromatic N) is 1. The molecular formula is C21H21ClN2O2. The zero-order chi connectivity index (χ0) is 18.5. The number of halogens is 1. The number of amides is 1. The molecule has 1 aromatic heterocycles. The highest BCUT2D eigenvalue weighted by atomic mass is 35.5. The van der Waals surface area contributed by atoms with Gasteiger partial charge in [-0.15, -0.1) is 0 Å². The van der Waals surface area contributed by atoms with Crippen molar-refractivity contribution in [2.75, 3.05) is 12.4 Å². The minimum atomic E-state index is -0.0774. The Morgan fingerprint density at radius 3 is 2.58 bits per heavy atom. The summed E-state index contributed by atoms with van der Waals surface area (Å²) < 4.78 is 7.19. The predicted molar refractivity (Wildman–Crippen MR) is 105 cm³/mol. The van der Waals surface area contributed by atoms with E-state index in [2.05, 4.69) is 35.0 Å². The number of carbonyl (C=O) groups is 1. The third kappa shape index (κ3) is 4.27. The second-order valence-corrected chi connectivity index (χ2v) is 6.57. The van der Waals surface area contributed by atoms with E-state index in [0.717, 1.165) is 5.56 Å². The monoisotopic (exact) mass is 368 g/mol. The number of nitrogens with one attached hydrogen (secondary N) is 1. The molecule has 1 amide bonds. The third-order valence-corrected chi connectivity index (χ3v) is 4.52. The Labute approximate surface area is 158 Å². The third-order valence-electron chi connectivity index (χ3n) is 4.23. The van der Waals surface area contributed by atoms with E-state index in [0.29, 0.717) is 22.9 Å². The summed E-state index contributed by atoms with van der Waals surface area (Å²) in [7, 11) is 1.56. The van der Waals surface area contributed by atoms with Gasteiger partial charge in [0.15, 0.2) is 0 Å². The lowest BCUT2D eigenvalue weighted by molar-refractivity contribution is -0.116. The topological polar surface area (TPSA) is 43.3 Å². The first kappa shape index (κ1) is 18.1. The largest absolute Gasteiger partial charge is 0.495 e. The molecule has 26 heavy (non-hydrogen) atoms. The summed E-state index contributed by atoms with van der Waals surface area (Å²) in [4.78, 5) is 12.6. The smallest absolute Gasteiger partial charge is 0.226 e. The Morgan fingerprint density at radius 2 is 1.92 bits per heavy atom. The summed E-state index contributed by atoms with van der Waals surface area (Å²) in [6.07, 6.45) is 4.27. The van der Waals surface area contributed by atoms with Gasteiger partial charge < -0.3 is 14.6 Å². The van der Waals surface area contributed by atoms with E-state index in [1.807, 2.05) is 30.6 Å². The van der Waals surface area contributed by atoms with Crippen LogP contribution < -0.4 is 10.1 Å². The molecule has 134 valence electrons. The molecule has 0 saturated heterocycles. The number of rotatable bonds is 6. The van der Waals surface area contributed by atoms with Gasteiger partial charge >= 0.3 is 0 Å². The quantitative estimate of drug-likeness (QED) is 0.659. The van der Waals surface area contributed by atoms with E-state index in [1.54, 1.807) is 25.3 Å². The van der Waals surface area contributed by atoms with Crippen LogP contribution >= 0.6 is 11.6 Å². The fraction of sp³-hybridized carbons (Fsp3) is 0.190. The van der Waals surface area contributed by atoms with Gasteiger partial charge in [0.25, 0.3) is 0 Å². The van der Waals surface area contributed by atoms with Gasteiger partial charge in [0.05, 0.1) is 24.6 Å². The van der Waals surface area contributed by atoms with Gasteiger partial charge in [0, 0.05) is 18.1 Å². The van der Waals surface area contributed by atoms with Gasteiger partial charge in [-0.2, -0.15) is 0 Å². The fourth-order valence-electron chi connectivity index (χ4n) is 2.96. The molecule has 0 radical (unpaired) electrons. The average Bonchev–Trinajstić information content (AvgIpc) is 3.14. The van der Waals surface area contributed by atoms with Crippen molar-refractivity contribution in [2.24, 2.45) is 0 Å². The van der Waals surface area contributed by atoms with E-state index in [4.69, 9.17) is 16.3 Å². The number of carbonyl (C=O) groups excluding carboxylic acids is 1. The molecule has 0 spiro atoms. The Balaban J connectivity index is 1.79. The molecule has 0 fully saturated rings. The van der Waals surface area contributed by atoms with Crippen molar-refractivity contribution in [3.63, 3.8) is 0 Å². The predicted octanol–water partition coefficient (Wildman–Crippen LogP) is 5.08. The van der Waals surface area contributed by atoms with Crippen LogP contribution in [0.3, 0.4) is 0 Å². The van der Waals surface area contributed by atoms with Gasteiger partial charge in [-0.25, -0.2) is 0 Å². The molecule has 0 aliphatic heterocycles. The maximum absolute atomic E-state index is 12.6. The normalized spacial score (nSPS) is 11.8. The van der Waals surface area contributed by atoms with Crippen LogP contribution in [-0.4, -0.2) is 17.6 Å². The second kappa shape index (κ2) is 8.11. The number of hydrogen-bond acceptors (Lipinski definition) is 2. The number of benzene rings is 2. The Kier molecular flexibility index (Phi) is 5.64. The van der Waals surface area contributed by atoms with Crippen LogP contribution in [0, 0.1) is 6.92 Å². The molecule has 3 aromatic rings.